The molecule has 1 aliphatic carbocycles. The Labute approximate surface area is 126 Å². The zero-order chi connectivity index (χ0) is 15.7. The third-order valence-corrected chi connectivity index (χ3v) is 5.79. The molecule has 5 nitrogen and oxygen atoms in total. The summed E-state index contributed by atoms with van der Waals surface area (Å²) in [6.45, 7) is 3.83. The Balaban J connectivity index is 2.15. The summed E-state index contributed by atoms with van der Waals surface area (Å²) in [4.78, 5) is 0.109. The van der Waals surface area contributed by atoms with Crippen molar-refractivity contribution in [1.82, 2.24) is 4.72 Å². The Hall–Kier alpha value is -1.11. The van der Waals surface area contributed by atoms with Crippen LogP contribution in [0.5, 0.6) is 0 Å². The van der Waals surface area contributed by atoms with Gasteiger partial charge in [0.25, 0.3) is 0 Å². The van der Waals surface area contributed by atoms with E-state index in [9.17, 15) is 13.5 Å². The van der Waals surface area contributed by atoms with E-state index >= 15 is 0 Å². The van der Waals surface area contributed by atoms with E-state index in [1.807, 2.05) is 0 Å². The van der Waals surface area contributed by atoms with E-state index in [1.165, 1.54) is 0 Å². The number of nitrogens with two attached hydrogens (primary N) is 1. The van der Waals surface area contributed by atoms with Gasteiger partial charge in [-0.25, -0.2) is 13.1 Å². The average Bonchev–Trinajstić information content (AvgIpc) is 2.36. The van der Waals surface area contributed by atoms with Crippen LogP contribution in [0.15, 0.2) is 23.1 Å². The van der Waals surface area contributed by atoms with Crippen LogP contribution in [0.25, 0.3) is 0 Å². The summed E-state index contributed by atoms with van der Waals surface area (Å²) in [5.41, 5.74) is 5.66. The van der Waals surface area contributed by atoms with Gasteiger partial charge in [0.05, 0.1) is 11.3 Å². The van der Waals surface area contributed by atoms with Crippen molar-refractivity contribution >= 4 is 15.7 Å². The third kappa shape index (κ3) is 3.75. The average molecular weight is 312 g/mol. The largest absolute Gasteiger partial charge is 0.398 e. The molecule has 118 valence electrons. The van der Waals surface area contributed by atoms with Crippen molar-refractivity contribution in [3.05, 3.63) is 23.8 Å². The molecule has 0 aromatic heterocycles. The highest BCUT2D eigenvalue weighted by molar-refractivity contribution is 7.89. The van der Waals surface area contributed by atoms with Crippen LogP contribution in [0.3, 0.4) is 0 Å². The first kappa shape index (κ1) is 16.3. The third-order valence-electron chi connectivity index (χ3n) is 4.17. The number of hydrogen-bond acceptors (Lipinski definition) is 4. The summed E-state index contributed by atoms with van der Waals surface area (Å²) in [6.07, 6.45) is 3.26. The predicted molar refractivity (Wildman–Crippen MR) is 83.4 cm³/mol. The Morgan fingerprint density at radius 3 is 2.81 bits per heavy atom. The van der Waals surface area contributed by atoms with Gasteiger partial charge in [-0.3, -0.25) is 0 Å². The number of anilines is 1. The molecule has 0 amide bonds. The van der Waals surface area contributed by atoms with Crippen molar-refractivity contribution < 1.29 is 13.5 Å². The molecule has 1 aromatic carbocycles. The molecule has 2 atom stereocenters. The fourth-order valence-electron chi connectivity index (χ4n) is 3.14. The first-order valence-corrected chi connectivity index (χ1v) is 8.79. The number of nitrogen functional groups attached to an aromatic ring is 1. The lowest BCUT2D eigenvalue weighted by molar-refractivity contribution is -0.00751. The second-order valence-corrected chi connectivity index (χ2v) is 7.95. The molecule has 1 aromatic rings. The van der Waals surface area contributed by atoms with Gasteiger partial charge in [0.15, 0.2) is 0 Å². The van der Waals surface area contributed by atoms with Gasteiger partial charge in [0, 0.05) is 6.54 Å². The normalized spacial score (nSPS) is 26.7. The van der Waals surface area contributed by atoms with Crippen molar-refractivity contribution in [1.29, 1.82) is 0 Å². The van der Waals surface area contributed by atoms with Crippen molar-refractivity contribution in [3.8, 4) is 0 Å². The van der Waals surface area contributed by atoms with Gasteiger partial charge in [-0.15, -0.1) is 0 Å². The van der Waals surface area contributed by atoms with Crippen LogP contribution < -0.4 is 10.5 Å². The molecular formula is C15H24N2O3S. The summed E-state index contributed by atoms with van der Waals surface area (Å²) in [5, 5.41) is 10.5. The van der Waals surface area contributed by atoms with Gasteiger partial charge >= 0.3 is 0 Å². The molecule has 0 heterocycles. The van der Waals surface area contributed by atoms with E-state index in [2.05, 4.69) is 11.6 Å². The molecular weight excluding hydrogens is 288 g/mol. The highest BCUT2D eigenvalue weighted by atomic mass is 32.2. The van der Waals surface area contributed by atoms with Crippen LogP contribution in [0.1, 0.15) is 38.2 Å². The van der Waals surface area contributed by atoms with Gasteiger partial charge in [-0.1, -0.05) is 31.9 Å². The number of hydrogen-bond donors (Lipinski definition) is 3. The fourth-order valence-corrected chi connectivity index (χ4v) is 4.61. The van der Waals surface area contributed by atoms with Crippen molar-refractivity contribution in [3.63, 3.8) is 0 Å². The summed E-state index contributed by atoms with van der Waals surface area (Å²) in [7, 11) is -3.71. The van der Waals surface area contributed by atoms with Crippen LogP contribution in [0, 0.1) is 12.8 Å². The second-order valence-electron chi connectivity index (χ2n) is 6.24. The van der Waals surface area contributed by atoms with Gasteiger partial charge in [0.2, 0.25) is 10.0 Å². The Morgan fingerprint density at radius 2 is 2.19 bits per heavy atom. The molecule has 4 N–H and O–H groups in total. The highest BCUT2D eigenvalue weighted by Crippen LogP contribution is 2.32. The first-order chi connectivity index (χ1) is 9.73. The SMILES string of the molecule is Cc1cccc(N)c1S(=O)(=O)NCC1(O)CCCC(C)C1. The van der Waals surface area contributed by atoms with Crippen LogP contribution in [-0.4, -0.2) is 25.7 Å². The maximum absolute atomic E-state index is 12.4. The fraction of sp³-hybridized carbons (Fsp3) is 0.600. The number of nitrogens with one attached hydrogen (secondary N) is 1. The minimum absolute atomic E-state index is 0.0352. The molecule has 6 heteroatoms. The molecule has 1 fully saturated rings. The maximum atomic E-state index is 12.4. The van der Waals surface area contributed by atoms with Gasteiger partial charge in [-0.2, -0.15) is 0 Å². The smallest absolute Gasteiger partial charge is 0.242 e. The van der Waals surface area contributed by atoms with E-state index < -0.39 is 15.6 Å². The lowest BCUT2D eigenvalue weighted by Gasteiger charge is -2.35. The van der Waals surface area contributed by atoms with Crippen molar-refractivity contribution in [2.24, 2.45) is 5.92 Å². The van der Waals surface area contributed by atoms with Crippen LogP contribution in [-0.2, 0) is 10.0 Å². The first-order valence-electron chi connectivity index (χ1n) is 7.31. The Morgan fingerprint density at radius 1 is 1.48 bits per heavy atom. The minimum Gasteiger partial charge on any atom is -0.398 e. The quantitative estimate of drug-likeness (QED) is 0.739. The number of aryl methyl sites for hydroxylation is 1. The molecule has 2 rings (SSSR count). The standard InChI is InChI=1S/C15H24N2O3S/c1-11-5-4-8-15(18,9-11)10-17-21(19,20)14-12(2)6-3-7-13(14)16/h3,6-7,11,17-18H,4-5,8-10,16H2,1-2H3. The summed E-state index contributed by atoms with van der Waals surface area (Å²) in [5.74, 6) is 0.414. The zero-order valence-corrected chi connectivity index (χ0v) is 13.4. The van der Waals surface area contributed by atoms with Gasteiger partial charge in [-0.05, 0) is 37.3 Å². The maximum Gasteiger partial charge on any atom is 0.242 e. The zero-order valence-electron chi connectivity index (χ0n) is 12.6. The van der Waals surface area contributed by atoms with Gasteiger partial charge in [0.1, 0.15) is 4.90 Å². The molecule has 0 bridgehead atoms. The summed E-state index contributed by atoms with van der Waals surface area (Å²) >= 11 is 0. The van der Waals surface area contributed by atoms with E-state index in [-0.39, 0.29) is 17.1 Å². The van der Waals surface area contributed by atoms with E-state index in [1.54, 1.807) is 25.1 Å². The Bertz CT molecular complexity index is 595. The number of sulfonamides is 1. The molecule has 2 unspecified atom stereocenters. The number of benzene rings is 1. The molecule has 21 heavy (non-hydrogen) atoms. The second kappa shape index (κ2) is 5.94. The molecule has 0 saturated heterocycles. The monoisotopic (exact) mass is 312 g/mol. The van der Waals surface area contributed by atoms with Crippen LogP contribution >= 0.6 is 0 Å². The summed E-state index contributed by atoms with van der Waals surface area (Å²) < 4.78 is 27.4. The lowest BCUT2D eigenvalue weighted by Crippen LogP contribution is -2.45. The van der Waals surface area contributed by atoms with Crippen molar-refractivity contribution in [2.75, 3.05) is 12.3 Å². The van der Waals surface area contributed by atoms with E-state index in [0.717, 1.165) is 12.8 Å². The predicted octanol–water partition coefficient (Wildman–Crippen LogP) is 1.80. The molecule has 0 spiro atoms. The van der Waals surface area contributed by atoms with E-state index in [4.69, 9.17) is 5.73 Å². The van der Waals surface area contributed by atoms with Crippen molar-refractivity contribution in [2.45, 2.75) is 50.0 Å². The lowest BCUT2D eigenvalue weighted by atomic mass is 9.79. The minimum atomic E-state index is -3.71. The van der Waals surface area contributed by atoms with Crippen LogP contribution in [0.4, 0.5) is 5.69 Å². The Kier molecular flexibility index (Phi) is 4.60. The number of aliphatic hydroxyl groups is 1. The molecule has 0 aliphatic heterocycles. The highest BCUT2D eigenvalue weighted by Gasteiger charge is 2.34. The summed E-state index contributed by atoms with van der Waals surface area (Å²) in [6, 6.07) is 5.00. The van der Waals surface area contributed by atoms with Gasteiger partial charge < -0.3 is 10.8 Å². The molecule has 1 saturated carbocycles. The van der Waals surface area contributed by atoms with E-state index in [0.29, 0.717) is 24.3 Å². The van der Waals surface area contributed by atoms with Crippen LogP contribution in [0.2, 0.25) is 0 Å². The topological polar surface area (TPSA) is 92.4 Å². The molecule has 1 aliphatic rings. The number of rotatable bonds is 4. The molecule has 0 radical (unpaired) electrons.